The summed E-state index contributed by atoms with van der Waals surface area (Å²) in [5.41, 5.74) is 2.31. The first-order valence-electron chi connectivity index (χ1n) is 14.3. The topological polar surface area (TPSA) is 81.2 Å². The number of nitrogens with zero attached hydrogens (tertiary/aromatic N) is 4. The lowest BCUT2D eigenvalue weighted by atomic mass is 9.84. The van der Waals surface area contributed by atoms with E-state index >= 15 is 0 Å². The molecule has 0 radical (unpaired) electrons. The van der Waals surface area contributed by atoms with Gasteiger partial charge in [0, 0.05) is 10.0 Å². The molecule has 0 aromatic heterocycles. The van der Waals surface area contributed by atoms with Crippen LogP contribution < -0.4 is 9.80 Å². The average Bonchev–Trinajstić information content (AvgIpc) is 3.69. The molecular formula is C34H24Cl2N4O4. The predicted octanol–water partition coefficient (Wildman–Crippen LogP) is 5.44. The SMILES string of the molecule is O=C1[C@@H]2[C@@H](C(=O)N1c1cccc(Cl)c1)N1[C@H](c3ccccc3)[C@@H]3C(=O)N(c4cccc(Cl)c4)C(=O)[C@@H]3N1[C@@H]2c1ccccc1. The molecule has 218 valence electrons. The number of halogens is 2. The van der Waals surface area contributed by atoms with Gasteiger partial charge in [-0.2, -0.15) is 0 Å². The molecule has 4 amide bonds. The number of rotatable bonds is 4. The van der Waals surface area contributed by atoms with Crippen molar-refractivity contribution in [3.05, 3.63) is 130 Å². The normalized spacial score (nSPS) is 28.1. The first-order chi connectivity index (χ1) is 21.4. The highest BCUT2D eigenvalue weighted by Gasteiger charge is 2.73. The summed E-state index contributed by atoms with van der Waals surface area (Å²) in [6, 6.07) is 28.9. The zero-order valence-electron chi connectivity index (χ0n) is 23.0. The Balaban J connectivity index is 1.33. The second-order valence-electron chi connectivity index (χ2n) is 11.4. The molecule has 4 aliphatic heterocycles. The van der Waals surface area contributed by atoms with Crippen molar-refractivity contribution < 1.29 is 19.2 Å². The van der Waals surface area contributed by atoms with E-state index in [0.29, 0.717) is 21.4 Å². The Labute approximate surface area is 262 Å². The maximum Gasteiger partial charge on any atom is 0.253 e. The number of carbonyl (C=O) groups is 4. The van der Waals surface area contributed by atoms with Crippen LogP contribution in [0.3, 0.4) is 0 Å². The second kappa shape index (κ2) is 10.1. The summed E-state index contributed by atoms with van der Waals surface area (Å²) in [5.74, 6) is -3.26. The monoisotopic (exact) mass is 622 g/mol. The van der Waals surface area contributed by atoms with Crippen LogP contribution in [0.25, 0.3) is 0 Å². The van der Waals surface area contributed by atoms with Gasteiger partial charge in [0.2, 0.25) is 11.8 Å². The Morgan fingerprint density at radius 1 is 0.432 bits per heavy atom. The van der Waals surface area contributed by atoms with Crippen molar-refractivity contribution in [1.82, 2.24) is 10.0 Å². The van der Waals surface area contributed by atoms with E-state index < -0.39 is 47.8 Å². The van der Waals surface area contributed by atoms with Crippen LogP contribution in [0.2, 0.25) is 10.0 Å². The molecule has 6 atom stereocenters. The number of hydrogen-bond acceptors (Lipinski definition) is 6. The summed E-state index contributed by atoms with van der Waals surface area (Å²) in [6.07, 6.45) is 0. The van der Waals surface area contributed by atoms with Gasteiger partial charge < -0.3 is 0 Å². The van der Waals surface area contributed by atoms with Gasteiger partial charge in [-0.25, -0.2) is 19.8 Å². The van der Waals surface area contributed by atoms with E-state index in [0.717, 1.165) is 11.1 Å². The largest absolute Gasteiger partial charge is 0.274 e. The number of imide groups is 2. The van der Waals surface area contributed by atoms with Crippen molar-refractivity contribution >= 4 is 58.2 Å². The maximum atomic E-state index is 14.4. The van der Waals surface area contributed by atoms with Crippen LogP contribution in [0.15, 0.2) is 109 Å². The molecule has 4 saturated heterocycles. The Kier molecular flexibility index (Phi) is 6.25. The molecule has 4 fully saturated rings. The zero-order valence-corrected chi connectivity index (χ0v) is 24.5. The van der Waals surface area contributed by atoms with Gasteiger partial charge in [-0.15, -0.1) is 0 Å². The number of anilines is 2. The lowest BCUT2D eigenvalue weighted by Crippen LogP contribution is -2.50. The van der Waals surface area contributed by atoms with Crippen LogP contribution in [-0.2, 0) is 19.2 Å². The molecular weight excluding hydrogens is 599 g/mol. The minimum Gasteiger partial charge on any atom is -0.274 e. The molecule has 0 aliphatic carbocycles. The summed E-state index contributed by atoms with van der Waals surface area (Å²) < 4.78 is 0. The zero-order chi connectivity index (χ0) is 30.3. The Bertz CT molecular complexity index is 1720. The van der Waals surface area contributed by atoms with E-state index in [2.05, 4.69) is 0 Å². The fourth-order valence-corrected chi connectivity index (χ4v) is 7.91. The van der Waals surface area contributed by atoms with E-state index in [1.807, 2.05) is 70.7 Å². The molecule has 0 unspecified atom stereocenters. The summed E-state index contributed by atoms with van der Waals surface area (Å²) in [4.78, 5) is 59.9. The highest BCUT2D eigenvalue weighted by molar-refractivity contribution is 6.32. The fourth-order valence-electron chi connectivity index (χ4n) is 7.54. The smallest absolute Gasteiger partial charge is 0.253 e. The average molecular weight is 623 g/mol. The third kappa shape index (κ3) is 3.78. The van der Waals surface area contributed by atoms with Crippen molar-refractivity contribution in [3.63, 3.8) is 0 Å². The van der Waals surface area contributed by atoms with Crippen molar-refractivity contribution in [1.29, 1.82) is 0 Å². The molecule has 8 nitrogen and oxygen atoms in total. The Hall–Kier alpha value is -4.34. The van der Waals surface area contributed by atoms with Gasteiger partial charge in [0.05, 0.1) is 35.3 Å². The van der Waals surface area contributed by atoms with Crippen LogP contribution in [0.4, 0.5) is 11.4 Å². The van der Waals surface area contributed by atoms with Crippen LogP contribution in [0, 0.1) is 11.8 Å². The molecule has 8 rings (SSSR count). The predicted molar refractivity (Wildman–Crippen MR) is 164 cm³/mol. The molecule has 4 aliphatic rings. The van der Waals surface area contributed by atoms with Crippen LogP contribution in [-0.4, -0.2) is 45.7 Å². The lowest BCUT2D eigenvalue weighted by molar-refractivity contribution is -0.136. The van der Waals surface area contributed by atoms with Gasteiger partial charge in [0.15, 0.2) is 0 Å². The molecule has 44 heavy (non-hydrogen) atoms. The van der Waals surface area contributed by atoms with E-state index in [9.17, 15) is 19.2 Å². The quantitative estimate of drug-likeness (QED) is 0.282. The van der Waals surface area contributed by atoms with Crippen LogP contribution in [0.1, 0.15) is 23.2 Å². The highest BCUT2D eigenvalue weighted by atomic mass is 35.5. The van der Waals surface area contributed by atoms with Crippen LogP contribution >= 0.6 is 23.2 Å². The summed E-state index contributed by atoms with van der Waals surface area (Å²) in [7, 11) is 0. The van der Waals surface area contributed by atoms with E-state index in [1.54, 1.807) is 48.5 Å². The molecule has 4 aromatic rings. The van der Waals surface area contributed by atoms with Gasteiger partial charge >= 0.3 is 0 Å². The van der Waals surface area contributed by atoms with Gasteiger partial charge in [0.1, 0.15) is 12.1 Å². The maximum absolute atomic E-state index is 14.4. The second-order valence-corrected chi connectivity index (χ2v) is 12.3. The minimum atomic E-state index is -0.942. The van der Waals surface area contributed by atoms with Gasteiger partial charge in [-0.05, 0) is 47.5 Å². The number of hydrazine groups is 1. The molecule has 4 aromatic carbocycles. The molecule has 0 bridgehead atoms. The fraction of sp³-hybridized carbons (Fsp3) is 0.176. The van der Waals surface area contributed by atoms with Crippen molar-refractivity contribution in [2.24, 2.45) is 11.8 Å². The number of fused-ring (bicyclic) bond motifs is 5. The summed E-state index contributed by atoms with van der Waals surface area (Å²) in [5, 5.41) is 4.50. The lowest BCUT2D eigenvalue weighted by Gasteiger charge is -2.35. The van der Waals surface area contributed by atoms with E-state index in [1.165, 1.54) is 9.80 Å². The number of benzene rings is 4. The highest BCUT2D eigenvalue weighted by Crippen LogP contribution is 2.59. The van der Waals surface area contributed by atoms with Crippen molar-refractivity contribution in [3.8, 4) is 0 Å². The first-order valence-corrected chi connectivity index (χ1v) is 15.1. The van der Waals surface area contributed by atoms with E-state index in [-0.39, 0.29) is 11.8 Å². The minimum absolute atomic E-state index is 0.377. The Morgan fingerprint density at radius 3 is 1.18 bits per heavy atom. The summed E-state index contributed by atoms with van der Waals surface area (Å²) in [6.45, 7) is 0. The third-order valence-electron chi connectivity index (χ3n) is 9.14. The van der Waals surface area contributed by atoms with Crippen LogP contribution in [0.5, 0.6) is 0 Å². The van der Waals surface area contributed by atoms with Crippen molar-refractivity contribution in [2.45, 2.75) is 24.2 Å². The van der Waals surface area contributed by atoms with Gasteiger partial charge in [-0.3, -0.25) is 19.2 Å². The Morgan fingerprint density at radius 2 is 0.818 bits per heavy atom. The van der Waals surface area contributed by atoms with Crippen molar-refractivity contribution in [2.75, 3.05) is 9.80 Å². The van der Waals surface area contributed by atoms with Gasteiger partial charge in [-0.1, -0.05) is 96.0 Å². The molecule has 0 spiro atoms. The number of carbonyl (C=O) groups excluding carboxylic acids is 4. The molecule has 0 N–H and O–H groups in total. The molecule has 0 saturated carbocycles. The number of hydrogen-bond donors (Lipinski definition) is 0. The molecule has 10 heteroatoms. The first kappa shape index (κ1) is 27.2. The standard InChI is InChI=1S/C34H24Cl2N4O4/c35-21-13-7-15-23(17-21)37-31(41)25-27(19-9-3-1-4-10-19)39-30-26(32(42)38(34(30)44)24-16-8-14-22(36)18-24)28(20-11-5-2-6-12-20)40(39)29(25)33(37)43/h1-18,25-30H/t25-,26-,27+,28+,29-,30+/m0/s1. The third-order valence-corrected chi connectivity index (χ3v) is 9.61. The number of amides is 4. The summed E-state index contributed by atoms with van der Waals surface area (Å²) >= 11 is 12.5. The molecule has 4 heterocycles. The van der Waals surface area contributed by atoms with E-state index in [4.69, 9.17) is 23.2 Å². The van der Waals surface area contributed by atoms with Gasteiger partial charge in [0.25, 0.3) is 11.8 Å².